The number of carbonyl (C=O) groups excluding carboxylic acids is 1. The van der Waals surface area contributed by atoms with Crippen molar-refractivity contribution in [1.29, 1.82) is 0 Å². The zero-order chi connectivity index (χ0) is 15.1. The van der Waals surface area contributed by atoms with E-state index in [0.29, 0.717) is 12.0 Å². The molecule has 126 valence electrons. The molecule has 2 N–H and O–H groups in total. The molecule has 1 rings (SSSR count). The van der Waals surface area contributed by atoms with E-state index in [-0.39, 0.29) is 30.3 Å². The highest BCUT2D eigenvalue weighted by Gasteiger charge is 2.28. The summed E-state index contributed by atoms with van der Waals surface area (Å²) in [6.45, 7) is 11.0. The molecule has 0 saturated carbocycles. The molecule has 21 heavy (non-hydrogen) atoms. The predicted octanol–water partition coefficient (Wildman–Crippen LogP) is 2.84. The van der Waals surface area contributed by atoms with E-state index in [2.05, 4.69) is 20.8 Å². The maximum atomic E-state index is 12.3. The Hall–Kier alpha value is -0.320. The van der Waals surface area contributed by atoms with Crippen LogP contribution in [0.2, 0.25) is 0 Å². The quantitative estimate of drug-likeness (QED) is 0.784. The van der Waals surface area contributed by atoms with Crippen LogP contribution in [0.25, 0.3) is 0 Å². The van der Waals surface area contributed by atoms with E-state index in [1.165, 1.54) is 0 Å². The van der Waals surface area contributed by atoms with Crippen molar-refractivity contribution in [2.45, 2.75) is 65.5 Å². The van der Waals surface area contributed by atoms with E-state index in [1.807, 2.05) is 11.8 Å². The van der Waals surface area contributed by atoms with Gasteiger partial charge >= 0.3 is 0 Å². The molecule has 0 spiro atoms. The van der Waals surface area contributed by atoms with E-state index in [1.54, 1.807) is 0 Å². The summed E-state index contributed by atoms with van der Waals surface area (Å²) in [5.41, 5.74) is 6.03. The van der Waals surface area contributed by atoms with Crippen molar-refractivity contribution in [1.82, 2.24) is 4.90 Å². The first-order valence-corrected chi connectivity index (χ1v) is 8.11. The van der Waals surface area contributed by atoms with Crippen molar-refractivity contribution in [2.75, 3.05) is 19.7 Å². The van der Waals surface area contributed by atoms with Crippen molar-refractivity contribution < 1.29 is 9.53 Å². The van der Waals surface area contributed by atoms with Gasteiger partial charge in [-0.1, -0.05) is 34.1 Å². The van der Waals surface area contributed by atoms with Crippen LogP contribution in [0.5, 0.6) is 0 Å². The summed E-state index contributed by atoms with van der Waals surface area (Å²) in [6.07, 6.45) is 4.26. The van der Waals surface area contributed by atoms with Crippen LogP contribution in [0, 0.1) is 11.8 Å². The second-order valence-corrected chi connectivity index (χ2v) is 6.49. The summed E-state index contributed by atoms with van der Waals surface area (Å²) in [5.74, 6) is 1.05. The molecule has 1 aliphatic heterocycles. The average molecular weight is 321 g/mol. The maximum Gasteiger partial charge on any atom is 0.239 e. The molecule has 2 atom stereocenters. The fraction of sp³-hybridized carbons (Fsp3) is 0.938. The van der Waals surface area contributed by atoms with Gasteiger partial charge in [-0.3, -0.25) is 4.79 Å². The molecule has 0 aromatic carbocycles. The van der Waals surface area contributed by atoms with Crippen molar-refractivity contribution in [3.8, 4) is 0 Å². The lowest BCUT2D eigenvalue weighted by Crippen LogP contribution is -2.50. The van der Waals surface area contributed by atoms with Gasteiger partial charge in [-0.2, -0.15) is 0 Å². The highest BCUT2D eigenvalue weighted by Crippen LogP contribution is 2.17. The fourth-order valence-electron chi connectivity index (χ4n) is 2.42. The van der Waals surface area contributed by atoms with Crippen LogP contribution < -0.4 is 5.73 Å². The van der Waals surface area contributed by atoms with E-state index in [0.717, 1.165) is 45.4 Å². The van der Waals surface area contributed by atoms with Gasteiger partial charge in [0.15, 0.2) is 0 Å². The first kappa shape index (κ1) is 20.7. The molecule has 0 aromatic heterocycles. The number of rotatable bonds is 7. The first-order chi connectivity index (χ1) is 9.45. The van der Waals surface area contributed by atoms with Crippen LogP contribution in [-0.4, -0.2) is 42.6 Å². The van der Waals surface area contributed by atoms with Gasteiger partial charge in [0.25, 0.3) is 0 Å². The van der Waals surface area contributed by atoms with Crippen LogP contribution >= 0.6 is 12.4 Å². The summed E-state index contributed by atoms with van der Waals surface area (Å²) in [6, 6.07) is -0.349. The van der Waals surface area contributed by atoms with Gasteiger partial charge in [0, 0.05) is 19.7 Å². The number of hydrogen-bond donors (Lipinski definition) is 1. The average Bonchev–Trinajstić information content (AvgIpc) is 2.45. The van der Waals surface area contributed by atoms with Crippen molar-refractivity contribution in [2.24, 2.45) is 17.6 Å². The van der Waals surface area contributed by atoms with E-state index < -0.39 is 0 Å². The second-order valence-electron chi connectivity index (χ2n) is 6.49. The molecular weight excluding hydrogens is 288 g/mol. The van der Waals surface area contributed by atoms with Gasteiger partial charge in [-0.15, -0.1) is 12.4 Å². The van der Waals surface area contributed by atoms with Gasteiger partial charge in [0.2, 0.25) is 5.91 Å². The largest absolute Gasteiger partial charge is 0.378 e. The molecule has 0 aliphatic carbocycles. The molecule has 5 heteroatoms. The topological polar surface area (TPSA) is 55.6 Å². The summed E-state index contributed by atoms with van der Waals surface area (Å²) in [4.78, 5) is 14.2. The molecule has 1 heterocycles. The Bertz CT molecular complexity index is 292. The Balaban J connectivity index is 0.00000400. The number of hydrogen-bond acceptors (Lipinski definition) is 3. The summed E-state index contributed by atoms with van der Waals surface area (Å²) in [5, 5.41) is 0. The van der Waals surface area contributed by atoms with E-state index in [4.69, 9.17) is 10.5 Å². The zero-order valence-electron chi connectivity index (χ0n) is 14.0. The van der Waals surface area contributed by atoms with Gasteiger partial charge in [-0.25, -0.2) is 0 Å². The van der Waals surface area contributed by atoms with Gasteiger partial charge in [-0.05, 0) is 31.1 Å². The minimum absolute atomic E-state index is 0. The lowest BCUT2D eigenvalue weighted by Gasteiger charge is -2.34. The summed E-state index contributed by atoms with van der Waals surface area (Å²) < 4.78 is 5.88. The van der Waals surface area contributed by atoms with Crippen LogP contribution in [0.4, 0.5) is 0 Å². The number of amides is 1. The van der Waals surface area contributed by atoms with E-state index >= 15 is 0 Å². The normalized spacial score (nSPS) is 19.2. The minimum atomic E-state index is -0.349. The smallest absolute Gasteiger partial charge is 0.239 e. The highest BCUT2D eigenvalue weighted by atomic mass is 35.5. The number of nitrogens with two attached hydrogens (primary N) is 1. The standard InChI is InChI=1S/C16H32N2O2.ClH/c1-5-13(4)15(17)16(19)18-9-6-14(7-10-18)20-11-8-12(2)3;/h12-15H,5-11,17H2,1-4H3;1H. The highest BCUT2D eigenvalue weighted by molar-refractivity contribution is 5.85. The van der Waals surface area contributed by atoms with Crippen LogP contribution in [0.15, 0.2) is 0 Å². The predicted molar refractivity (Wildman–Crippen MR) is 89.7 cm³/mol. The molecule has 1 amide bonds. The number of likely N-dealkylation sites (tertiary alicyclic amines) is 1. The first-order valence-electron chi connectivity index (χ1n) is 8.11. The lowest BCUT2D eigenvalue weighted by molar-refractivity contribution is -0.136. The molecule has 1 saturated heterocycles. The summed E-state index contributed by atoms with van der Waals surface area (Å²) >= 11 is 0. The molecule has 0 bridgehead atoms. The molecule has 4 nitrogen and oxygen atoms in total. The third-order valence-electron chi connectivity index (χ3n) is 4.34. The number of carbonyl (C=O) groups is 1. The summed E-state index contributed by atoms with van der Waals surface area (Å²) in [7, 11) is 0. The molecule has 0 radical (unpaired) electrons. The Kier molecular flexibility index (Phi) is 10.3. The number of piperidine rings is 1. The van der Waals surface area contributed by atoms with Crippen molar-refractivity contribution in [3.63, 3.8) is 0 Å². The second kappa shape index (κ2) is 10.4. The minimum Gasteiger partial charge on any atom is -0.378 e. The van der Waals surface area contributed by atoms with Gasteiger partial charge < -0.3 is 15.4 Å². The van der Waals surface area contributed by atoms with Crippen molar-refractivity contribution in [3.05, 3.63) is 0 Å². The monoisotopic (exact) mass is 320 g/mol. The van der Waals surface area contributed by atoms with Crippen LogP contribution in [0.3, 0.4) is 0 Å². The number of nitrogens with zero attached hydrogens (tertiary/aromatic N) is 1. The molecule has 1 fully saturated rings. The Morgan fingerprint density at radius 3 is 2.33 bits per heavy atom. The Morgan fingerprint density at radius 1 is 1.29 bits per heavy atom. The van der Waals surface area contributed by atoms with Gasteiger partial charge in [0.05, 0.1) is 12.1 Å². The third-order valence-corrected chi connectivity index (χ3v) is 4.34. The van der Waals surface area contributed by atoms with E-state index in [9.17, 15) is 4.79 Å². The fourth-order valence-corrected chi connectivity index (χ4v) is 2.42. The molecular formula is C16H33ClN2O2. The molecule has 1 aliphatic rings. The zero-order valence-corrected chi connectivity index (χ0v) is 14.8. The number of ether oxygens (including phenoxy) is 1. The molecule has 0 aromatic rings. The molecule has 2 unspecified atom stereocenters. The SMILES string of the molecule is CCC(C)C(N)C(=O)N1CCC(OCCC(C)C)CC1.Cl. The van der Waals surface area contributed by atoms with Crippen LogP contribution in [-0.2, 0) is 9.53 Å². The number of halogens is 1. The maximum absolute atomic E-state index is 12.3. The van der Waals surface area contributed by atoms with Gasteiger partial charge in [0.1, 0.15) is 0 Å². The Morgan fingerprint density at radius 2 is 1.86 bits per heavy atom. The lowest BCUT2D eigenvalue weighted by atomic mass is 9.97. The van der Waals surface area contributed by atoms with Crippen molar-refractivity contribution >= 4 is 18.3 Å². The third kappa shape index (κ3) is 6.98. The van der Waals surface area contributed by atoms with Crippen LogP contribution in [0.1, 0.15) is 53.4 Å². The Labute approximate surface area is 136 Å².